The molecule has 0 aliphatic heterocycles. The lowest BCUT2D eigenvalue weighted by Gasteiger charge is -2.16. The molecule has 0 atom stereocenters. The van der Waals surface area contributed by atoms with Crippen molar-refractivity contribution in [2.24, 2.45) is 0 Å². The molecule has 4 aromatic carbocycles. The van der Waals surface area contributed by atoms with Crippen molar-refractivity contribution in [1.29, 1.82) is 0 Å². The second-order valence-electron chi connectivity index (χ2n) is 5.76. The fourth-order valence-corrected chi connectivity index (χ4v) is 3.36. The lowest BCUT2D eigenvalue weighted by atomic mass is 9.90. The van der Waals surface area contributed by atoms with Crippen molar-refractivity contribution in [2.45, 2.75) is 0 Å². The molecular formula is C22H16O2. The highest BCUT2D eigenvalue weighted by Gasteiger charge is 2.19. The monoisotopic (exact) mass is 312 g/mol. The van der Waals surface area contributed by atoms with Gasteiger partial charge in [0.15, 0.2) is 11.5 Å². The molecule has 4 rings (SSSR count). The number of phenols is 2. The Morgan fingerprint density at radius 2 is 1.29 bits per heavy atom. The lowest BCUT2D eigenvalue weighted by molar-refractivity contribution is 0.405. The van der Waals surface area contributed by atoms with Crippen LogP contribution in [0.25, 0.3) is 38.7 Å². The predicted molar refractivity (Wildman–Crippen MR) is 100 cm³/mol. The Hall–Kier alpha value is -3.26. The van der Waals surface area contributed by atoms with Crippen molar-refractivity contribution in [3.05, 3.63) is 78.9 Å². The lowest BCUT2D eigenvalue weighted by Crippen LogP contribution is -1.89. The highest BCUT2D eigenvalue weighted by molar-refractivity contribution is 6.11. The molecule has 0 aliphatic carbocycles. The number of benzene rings is 4. The van der Waals surface area contributed by atoms with Crippen LogP contribution in [-0.4, -0.2) is 10.2 Å². The molecule has 2 heteroatoms. The standard InChI is InChI=1S/C22H16O2/c1-2-15-17-11-5-6-12-19(17)20(22(24)21(15)23)18-13-7-9-14-8-3-4-10-16(14)18/h2-13,23-24H,1H2. The fraction of sp³-hybridized carbons (Fsp3) is 0. The first kappa shape index (κ1) is 14.3. The second kappa shape index (κ2) is 5.43. The quantitative estimate of drug-likeness (QED) is 0.465. The number of fused-ring (bicyclic) bond motifs is 2. The van der Waals surface area contributed by atoms with Crippen molar-refractivity contribution in [3.63, 3.8) is 0 Å². The highest BCUT2D eigenvalue weighted by Crippen LogP contribution is 2.47. The Kier molecular flexibility index (Phi) is 3.24. The summed E-state index contributed by atoms with van der Waals surface area (Å²) in [6, 6.07) is 21.7. The Balaban J connectivity index is 2.22. The van der Waals surface area contributed by atoms with Crippen LogP contribution in [-0.2, 0) is 0 Å². The van der Waals surface area contributed by atoms with E-state index in [1.165, 1.54) is 0 Å². The maximum Gasteiger partial charge on any atom is 0.166 e. The van der Waals surface area contributed by atoms with Crippen molar-refractivity contribution in [2.75, 3.05) is 0 Å². The summed E-state index contributed by atoms with van der Waals surface area (Å²) in [5.41, 5.74) is 2.09. The number of phenolic OH excluding ortho intramolecular Hbond substituents is 2. The van der Waals surface area contributed by atoms with E-state index in [1.54, 1.807) is 6.08 Å². The number of hydrogen-bond donors (Lipinski definition) is 2. The molecule has 2 nitrogen and oxygen atoms in total. The summed E-state index contributed by atoms with van der Waals surface area (Å²) in [6.45, 7) is 3.76. The Labute approximate surface area is 139 Å². The van der Waals surface area contributed by atoms with Gasteiger partial charge >= 0.3 is 0 Å². The third-order valence-electron chi connectivity index (χ3n) is 4.47. The average molecular weight is 312 g/mol. The van der Waals surface area contributed by atoms with E-state index in [9.17, 15) is 10.2 Å². The topological polar surface area (TPSA) is 40.5 Å². The Bertz CT molecular complexity index is 1090. The largest absolute Gasteiger partial charge is 0.504 e. The molecule has 0 bridgehead atoms. The minimum atomic E-state index is -0.133. The summed E-state index contributed by atoms with van der Waals surface area (Å²) in [5.74, 6) is -0.244. The maximum atomic E-state index is 10.7. The van der Waals surface area contributed by atoms with Crippen molar-refractivity contribution in [3.8, 4) is 22.6 Å². The van der Waals surface area contributed by atoms with Crippen LogP contribution in [0, 0.1) is 0 Å². The number of rotatable bonds is 2. The van der Waals surface area contributed by atoms with Gasteiger partial charge in [0, 0.05) is 11.1 Å². The zero-order valence-corrected chi connectivity index (χ0v) is 13.0. The van der Waals surface area contributed by atoms with E-state index < -0.39 is 0 Å². The van der Waals surface area contributed by atoms with Crippen LogP contribution in [0.2, 0.25) is 0 Å². The molecule has 0 saturated carbocycles. The van der Waals surface area contributed by atoms with Gasteiger partial charge < -0.3 is 10.2 Å². The summed E-state index contributed by atoms with van der Waals surface area (Å²) < 4.78 is 0. The molecule has 4 aromatic rings. The van der Waals surface area contributed by atoms with E-state index in [1.807, 2.05) is 66.7 Å². The zero-order chi connectivity index (χ0) is 16.7. The first-order valence-electron chi connectivity index (χ1n) is 7.79. The molecule has 24 heavy (non-hydrogen) atoms. The summed E-state index contributed by atoms with van der Waals surface area (Å²) >= 11 is 0. The smallest absolute Gasteiger partial charge is 0.166 e. The van der Waals surface area contributed by atoms with Gasteiger partial charge in [-0.2, -0.15) is 0 Å². The van der Waals surface area contributed by atoms with Gasteiger partial charge in [-0.3, -0.25) is 0 Å². The zero-order valence-electron chi connectivity index (χ0n) is 13.0. The van der Waals surface area contributed by atoms with Crippen LogP contribution in [0.1, 0.15) is 5.56 Å². The van der Waals surface area contributed by atoms with Crippen LogP contribution in [0.3, 0.4) is 0 Å². The van der Waals surface area contributed by atoms with Gasteiger partial charge in [-0.15, -0.1) is 0 Å². The molecule has 0 amide bonds. The van der Waals surface area contributed by atoms with Gasteiger partial charge in [-0.25, -0.2) is 0 Å². The van der Waals surface area contributed by atoms with Crippen LogP contribution >= 0.6 is 0 Å². The third-order valence-corrected chi connectivity index (χ3v) is 4.47. The van der Waals surface area contributed by atoms with Crippen LogP contribution in [0.15, 0.2) is 73.3 Å². The molecule has 0 radical (unpaired) electrons. The first-order chi connectivity index (χ1) is 11.7. The molecule has 0 saturated heterocycles. The molecular weight excluding hydrogens is 296 g/mol. The van der Waals surface area contributed by atoms with Gasteiger partial charge in [0.1, 0.15) is 0 Å². The SMILES string of the molecule is C=Cc1c(O)c(O)c(-c2cccc3ccccc23)c2ccccc12. The summed E-state index contributed by atoms with van der Waals surface area (Å²) in [7, 11) is 0. The van der Waals surface area contributed by atoms with E-state index >= 15 is 0 Å². The summed E-state index contributed by atoms with van der Waals surface area (Å²) in [4.78, 5) is 0. The van der Waals surface area contributed by atoms with Crippen molar-refractivity contribution >= 4 is 27.6 Å². The summed E-state index contributed by atoms with van der Waals surface area (Å²) in [6.07, 6.45) is 1.57. The molecule has 0 heterocycles. The van der Waals surface area contributed by atoms with Gasteiger partial charge in [0.2, 0.25) is 0 Å². The van der Waals surface area contributed by atoms with E-state index in [2.05, 4.69) is 6.58 Å². The van der Waals surface area contributed by atoms with E-state index in [0.29, 0.717) is 11.1 Å². The van der Waals surface area contributed by atoms with Crippen molar-refractivity contribution < 1.29 is 10.2 Å². The van der Waals surface area contributed by atoms with Crippen LogP contribution < -0.4 is 0 Å². The fourth-order valence-electron chi connectivity index (χ4n) is 3.36. The molecule has 2 N–H and O–H groups in total. The molecule has 116 valence electrons. The normalized spacial score (nSPS) is 11.0. The summed E-state index contributed by atoms with van der Waals surface area (Å²) in [5, 5.41) is 25.1. The maximum absolute atomic E-state index is 10.7. The Morgan fingerprint density at radius 3 is 2.04 bits per heavy atom. The number of hydrogen-bond acceptors (Lipinski definition) is 2. The van der Waals surface area contributed by atoms with Gasteiger partial charge in [0.25, 0.3) is 0 Å². The molecule has 0 unspecified atom stereocenters. The van der Waals surface area contributed by atoms with E-state index in [4.69, 9.17) is 0 Å². The van der Waals surface area contributed by atoms with Gasteiger partial charge in [0.05, 0.1) is 0 Å². The van der Waals surface area contributed by atoms with E-state index in [0.717, 1.165) is 27.1 Å². The Morgan fingerprint density at radius 1 is 0.667 bits per heavy atom. The van der Waals surface area contributed by atoms with Crippen LogP contribution in [0.5, 0.6) is 11.5 Å². The second-order valence-corrected chi connectivity index (χ2v) is 5.76. The molecule has 0 fully saturated rings. The van der Waals surface area contributed by atoms with Crippen molar-refractivity contribution in [1.82, 2.24) is 0 Å². The molecule has 0 aromatic heterocycles. The highest BCUT2D eigenvalue weighted by atomic mass is 16.3. The molecule has 0 aliphatic rings. The minimum absolute atomic E-state index is 0.111. The average Bonchev–Trinajstić information content (AvgIpc) is 2.63. The first-order valence-corrected chi connectivity index (χ1v) is 7.79. The van der Waals surface area contributed by atoms with Crippen LogP contribution in [0.4, 0.5) is 0 Å². The predicted octanol–water partition coefficient (Wildman–Crippen LogP) is 5.71. The number of aromatic hydroxyl groups is 2. The minimum Gasteiger partial charge on any atom is -0.504 e. The molecule has 0 spiro atoms. The van der Waals surface area contributed by atoms with E-state index in [-0.39, 0.29) is 11.5 Å². The van der Waals surface area contributed by atoms with Gasteiger partial charge in [-0.05, 0) is 27.1 Å². The third kappa shape index (κ3) is 1.97. The van der Waals surface area contributed by atoms with Gasteiger partial charge in [-0.1, -0.05) is 79.4 Å².